The monoisotopic (exact) mass is 429 g/mol. The van der Waals surface area contributed by atoms with E-state index in [1.807, 2.05) is 0 Å². The Hall–Kier alpha value is -3.13. The van der Waals surface area contributed by atoms with Crippen molar-refractivity contribution in [2.45, 2.75) is 31.0 Å². The van der Waals surface area contributed by atoms with Crippen molar-refractivity contribution in [3.05, 3.63) is 18.2 Å². The number of carbonyl (C=O) groups is 5. The number of rotatable bonds is 12. The van der Waals surface area contributed by atoms with Gasteiger partial charge in [-0.15, -0.1) is 0 Å². The first-order valence-electron chi connectivity index (χ1n) is 8.36. The van der Waals surface area contributed by atoms with Gasteiger partial charge in [-0.2, -0.15) is 12.6 Å². The summed E-state index contributed by atoms with van der Waals surface area (Å²) in [6.45, 7) is -0.521. The number of nitrogens with one attached hydrogen (secondary N) is 4. The van der Waals surface area contributed by atoms with Gasteiger partial charge in [-0.3, -0.25) is 19.2 Å². The average Bonchev–Trinajstić information content (AvgIpc) is 3.15. The molecule has 4 amide bonds. The van der Waals surface area contributed by atoms with Crippen molar-refractivity contribution in [1.82, 2.24) is 25.9 Å². The highest BCUT2D eigenvalue weighted by Crippen LogP contribution is 2.01. The molecule has 0 radical (unpaired) electrons. The van der Waals surface area contributed by atoms with Gasteiger partial charge in [-0.05, 0) is 0 Å². The zero-order valence-corrected chi connectivity index (χ0v) is 16.1. The fourth-order valence-corrected chi connectivity index (χ4v) is 2.38. The lowest BCUT2D eigenvalue weighted by atomic mass is 10.1. The van der Waals surface area contributed by atoms with Crippen LogP contribution in [0.2, 0.25) is 0 Å². The van der Waals surface area contributed by atoms with Crippen LogP contribution in [0, 0.1) is 0 Å². The molecule has 0 saturated carbocycles. The van der Waals surface area contributed by atoms with E-state index in [9.17, 15) is 24.0 Å². The number of carbonyl (C=O) groups excluding carboxylic acids is 4. The van der Waals surface area contributed by atoms with Crippen molar-refractivity contribution in [3.8, 4) is 0 Å². The molecular weight excluding hydrogens is 406 g/mol. The predicted molar refractivity (Wildman–Crippen MR) is 102 cm³/mol. The van der Waals surface area contributed by atoms with E-state index < -0.39 is 60.7 Å². The van der Waals surface area contributed by atoms with Gasteiger partial charge >= 0.3 is 5.97 Å². The van der Waals surface area contributed by atoms with Crippen LogP contribution in [0.1, 0.15) is 12.1 Å². The SMILES string of the molecule is NC(=O)CC(N)C(=O)NCC(=O)NC(Cc1cnc[nH]1)C(=O)NC(CS)C(=O)O. The molecule has 0 aliphatic rings. The zero-order valence-electron chi connectivity index (χ0n) is 15.3. The molecule has 0 spiro atoms. The highest BCUT2D eigenvalue weighted by atomic mass is 32.1. The molecule has 0 fully saturated rings. The van der Waals surface area contributed by atoms with Crippen molar-refractivity contribution < 1.29 is 29.1 Å². The molecule has 14 heteroatoms. The minimum Gasteiger partial charge on any atom is -0.480 e. The van der Waals surface area contributed by atoms with E-state index in [1.165, 1.54) is 12.5 Å². The highest BCUT2D eigenvalue weighted by molar-refractivity contribution is 7.80. The molecule has 1 heterocycles. The minimum atomic E-state index is -1.28. The Morgan fingerprint density at radius 1 is 1.17 bits per heavy atom. The molecule has 0 saturated heterocycles. The standard InChI is InChI=1S/C15H23N7O6S/c16-8(2-11(17)23)13(25)19-4-12(24)21-9(1-7-3-18-6-20-7)14(26)22-10(5-29)15(27)28/h3,6,8-10,29H,1-2,4-5,16H2,(H2,17,23)(H,18,20)(H,19,25)(H,21,24)(H,22,26)(H,27,28). The number of hydrogen-bond acceptors (Lipinski definition) is 8. The smallest absolute Gasteiger partial charge is 0.327 e. The minimum absolute atomic E-state index is 0.00831. The number of carboxylic acids is 1. The number of hydrogen-bond donors (Lipinski definition) is 8. The summed E-state index contributed by atoms with van der Waals surface area (Å²) in [5.74, 6) is -4.47. The molecule has 160 valence electrons. The van der Waals surface area contributed by atoms with E-state index >= 15 is 0 Å². The maximum atomic E-state index is 12.4. The molecule has 0 aliphatic carbocycles. The summed E-state index contributed by atoms with van der Waals surface area (Å²) in [6.07, 6.45) is 2.41. The second-order valence-corrected chi connectivity index (χ2v) is 6.34. The van der Waals surface area contributed by atoms with Crippen LogP contribution in [-0.4, -0.2) is 75.1 Å². The largest absolute Gasteiger partial charge is 0.480 e. The van der Waals surface area contributed by atoms with Gasteiger partial charge in [-0.1, -0.05) is 0 Å². The third-order valence-electron chi connectivity index (χ3n) is 3.61. The summed E-state index contributed by atoms with van der Waals surface area (Å²) >= 11 is 3.86. The van der Waals surface area contributed by atoms with Crippen LogP contribution in [0.25, 0.3) is 0 Å². The number of imidazole rings is 1. The molecular formula is C15H23N7O6S. The third-order valence-corrected chi connectivity index (χ3v) is 3.97. The van der Waals surface area contributed by atoms with Crippen molar-refractivity contribution in [3.63, 3.8) is 0 Å². The fourth-order valence-electron chi connectivity index (χ4n) is 2.14. The maximum Gasteiger partial charge on any atom is 0.327 e. The summed E-state index contributed by atoms with van der Waals surface area (Å²) in [5.41, 5.74) is 10.9. The summed E-state index contributed by atoms with van der Waals surface area (Å²) < 4.78 is 0. The molecule has 29 heavy (non-hydrogen) atoms. The second-order valence-electron chi connectivity index (χ2n) is 5.98. The lowest BCUT2D eigenvalue weighted by Gasteiger charge is -2.20. The lowest BCUT2D eigenvalue weighted by molar-refractivity contribution is -0.141. The van der Waals surface area contributed by atoms with Gasteiger partial charge in [0.25, 0.3) is 0 Å². The van der Waals surface area contributed by atoms with Gasteiger partial charge in [0, 0.05) is 24.1 Å². The Morgan fingerprint density at radius 2 is 1.86 bits per heavy atom. The highest BCUT2D eigenvalue weighted by Gasteiger charge is 2.27. The summed E-state index contributed by atoms with van der Waals surface area (Å²) in [5, 5.41) is 15.9. The third kappa shape index (κ3) is 8.61. The summed E-state index contributed by atoms with van der Waals surface area (Å²) in [4.78, 5) is 64.7. The molecule has 9 N–H and O–H groups in total. The topological polar surface area (TPSA) is 222 Å². The van der Waals surface area contributed by atoms with Gasteiger partial charge in [0.2, 0.25) is 23.6 Å². The predicted octanol–water partition coefficient (Wildman–Crippen LogP) is -3.74. The number of thiol groups is 1. The van der Waals surface area contributed by atoms with Crippen LogP contribution in [0.4, 0.5) is 0 Å². The normalized spacial score (nSPS) is 13.6. The van der Waals surface area contributed by atoms with Crippen molar-refractivity contribution in [2.75, 3.05) is 12.3 Å². The summed E-state index contributed by atoms with van der Waals surface area (Å²) in [6, 6.07) is -3.62. The van der Waals surface area contributed by atoms with Gasteiger partial charge < -0.3 is 37.5 Å². The molecule has 13 nitrogen and oxygen atoms in total. The Balaban J connectivity index is 2.71. The van der Waals surface area contributed by atoms with Crippen LogP contribution in [-0.2, 0) is 30.4 Å². The zero-order chi connectivity index (χ0) is 22.0. The van der Waals surface area contributed by atoms with Crippen LogP contribution >= 0.6 is 12.6 Å². The van der Waals surface area contributed by atoms with Crippen molar-refractivity contribution in [2.24, 2.45) is 11.5 Å². The van der Waals surface area contributed by atoms with Crippen LogP contribution in [0.15, 0.2) is 12.5 Å². The molecule has 1 rings (SSSR count). The maximum absolute atomic E-state index is 12.4. The van der Waals surface area contributed by atoms with E-state index in [-0.39, 0.29) is 12.2 Å². The van der Waals surface area contributed by atoms with Crippen LogP contribution < -0.4 is 27.4 Å². The Kier molecular flexibility index (Phi) is 9.61. The lowest BCUT2D eigenvalue weighted by Crippen LogP contribution is -2.55. The van der Waals surface area contributed by atoms with E-state index in [1.54, 1.807) is 0 Å². The number of aromatic nitrogens is 2. The number of carboxylic acid groups (broad SMARTS) is 1. The average molecular weight is 429 g/mol. The second kappa shape index (κ2) is 11.7. The van der Waals surface area contributed by atoms with Gasteiger partial charge in [0.1, 0.15) is 12.1 Å². The number of H-pyrrole nitrogens is 1. The number of primary amides is 1. The fraction of sp³-hybridized carbons (Fsp3) is 0.467. The Labute approximate surface area is 170 Å². The Morgan fingerprint density at radius 3 is 2.38 bits per heavy atom. The number of amides is 4. The van der Waals surface area contributed by atoms with E-state index in [4.69, 9.17) is 16.6 Å². The first-order valence-corrected chi connectivity index (χ1v) is 8.99. The van der Waals surface area contributed by atoms with Gasteiger partial charge in [0.05, 0.1) is 25.3 Å². The number of aromatic amines is 1. The van der Waals surface area contributed by atoms with E-state index in [2.05, 4.69) is 38.5 Å². The quantitative estimate of drug-likeness (QED) is 0.154. The van der Waals surface area contributed by atoms with Gasteiger partial charge in [-0.25, -0.2) is 9.78 Å². The molecule has 0 bridgehead atoms. The van der Waals surface area contributed by atoms with Gasteiger partial charge in [0.15, 0.2) is 0 Å². The number of nitrogens with zero attached hydrogens (tertiary/aromatic N) is 1. The first-order chi connectivity index (χ1) is 13.6. The number of nitrogens with two attached hydrogens (primary N) is 2. The molecule has 0 aromatic carbocycles. The van der Waals surface area contributed by atoms with Crippen molar-refractivity contribution >= 4 is 42.2 Å². The molecule has 0 aliphatic heterocycles. The van der Waals surface area contributed by atoms with E-state index in [0.717, 1.165) is 0 Å². The molecule has 3 unspecified atom stereocenters. The van der Waals surface area contributed by atoms with Crippen LogP contribution in [0.5, 0.6) is 0 Å². The van der Waals surface area contributed by atoms with Crippen molar-refractivity contribution in [1.29, 1.82) is 0 Å². The first kappa shape index (κ1) is 23.9. The number of aliphatic carboxylic acids is 1. The van der Waals surface area contributed by atoms with Crippen LogP contribution in [0.3, 0.4) is 0 Å². The molecule has 1 aromatic rings. The summed E-state index contributed by atoms with van der Waals surface area (Å²) in [7, 11) is 0. The van der Waals surface area contributed by atoms with E-state index in [0.29, 0.717) is 5.69 Å². The molecule has 1 aromatic heterocycles. The molecule has 3 atom stereocenters. The Bertz CT molecular complexity index is 742.